The average Bonchev–Trinajstić information content (AvgIpc) is 2.86. The highest BCUT2D eigenvalue weighted by molar-refractivity contribution is 7.45. The lowest BCUT2D eigenvalue weighted by Crippen LogP contribution is -2.34. The van der Waals surface area contributed by atoms with Gasteiger partial charge in [0.05, 0.1) is 0 Å². The number of rotatable bonds is 3. The zero-order chi connectivity index (χ0) is 13.0. The minimum absolute atomic E-state index is 0.206. The second-order valence-electron chi connectivity index (χ2n) is 4.18. The fourth-order valence-electron chi connectivity index (χ4n) is 2.00. The molecule has 2 N–H and O–H groups in total. The molecule has 0 bridgehead atoms. The minimum Gasteiger partial charge on any atom is -0.445 e. The molecule has 98 valence electrons. The topological polar surface area (TPSA) is 70.0 Å². The van der Waals surface area contributed by atoms with Crippen LogP contribution < -0.4 is 0 Å². The Morgan fingerprint density at radius 1 is 1.39 bits per heavy atom. The molecule has 1 aromatic carbocycles. The SMILES string of the molecule is O=C(OCc1ccccc1)N1CCC[C@@H]1P(O)O. The summed E-state index contributed by atoms with van der Waals surface area (Å²) < 4.78 is 5.17. The first-order valence-electron chi connectivity index (χ1n) is 5.83. The Hall–Kier alpha value is -1.16. The summed E-state index contributed by atoms with van der Waals surface area (Å²) in [5, 5.41) is 0. The van der Waals surface area contributed by atoms with Gasteiger partial charge in [0.15, 0.2) is 8.38 Å². The first-order valence-corrected chi connectivity index (χ1v) is 7.14. The first-order chi connectivity index (χ1) is 8.68. The third-order valence-electron chi connectivity index (χ3n) is 2.93. The van der Waals surface area contributed by atoms with E-state index in [2.05, 4.69) is 0 Å². The molecule has 1 fully saturated rings. The van der Waals surface area contributed by atoms with Gasteiger partial charge in [-0.25, -0.2) is 4.79 Å². The fourth-order valence-corrected chi connectivity index (χ4v) is 2.88. The van der Waals surface area contributed by atoms with E-state index in [1.54, 1.807) is 0 Å². The molecule has 0 saturated carbocycles. The highest BCUT2D eigenvalue weighted by atomic mass is 31.2. The maximum Gasteiger partial charge on any atom is 0.410 e. The molecule has 1 aliphatic heterocycles. The van der Waals surface area contributed by atoms with Crippen LogP contribution in [-0.4, -0.2) is 33.1 Å². The predicted octanol–water partition coefficient (Wildman–Crippen LogP) is 2.04. The maximum atomic E-state index is 11.8. The van der Waals surface area contributed by atoms with Crippen LogP contribution in [0.4, 0.5) is 4.79 Å². The van der Waals surface area contributed by atoms with Crippen LogP contribution in [0.3, 0.4) is 0 Å². The van der Waals surface area contributed by atoms with Gasteiger partial charge in [-0.2, -0.15) is 0 Å². The second kappa shape index (κ2) is 6.14. The van der Waals surface area contributed by atoms with Gasteiger partial charge in [-0.1, -0.05) is 30.3 Å². The Morgan fingerprint density at radius 2 is 2.11 bits per heavy atom. The van der Waals surface area contributed by atoms with E-state index in [0.717, 1.165) is 12.0 Å². The predicted molar refractivity (Wildman–Crippen MR) is 67.7 cm³/mol. The van der Waals surface area contributed by atoms with Crippen molar-refractivity contribution in [3.8, 4) is 0 Å². The van der Waals surface area contributed by atoms with E-state index in [1.807, 2.05) is 30.3 Å². The van der Waals surface area contributed by atoms with E-state index >= 15 is 0 Å². The molecule has 1 heterocycles. The van der Waals surface area contributed by atoms with E-state index in [-0.39, 0.29) is 6.61 Å². The average molecular weight is 269 g/mol. The van der Waals surface area contributed by atoms with Crippen LogP contribution in [-0.2, 0) is 11.3 Å². The summed E-state index contributed by atoms with van der Waals surface area (Å²) in [5.41, 5.74) is 0.914. The number of nitrogens with zero attached hydrogens (tertiary/aromatic N) is 1. The Kier molecular flexibility index (Phi) is 4.53. The number of carbonyl (C=O) groups excluding carboxylic acids is 1. The third kappa shape index (κ3) is 3.19. The van der Waals surface area contributed by atoms with Gasteiger partial charge in [-0.05, 0) is 18.4 Å². The molecule has 1 saturated heterocycles. The summed E-state index contributed by atoms with van der Waals surface area (Å²) in [6.07, 6.45) is 0.932. The fraction of sp³-hybridized carbons (Fsp3) is 0.417. The van der Waals surface area contributed by atoms with E-state index in [4.69, 9.17) is 4.74 Å². The summed E-state index contributed by atoms with van der Waals surface area (Å²) in [4.78, 5) is 31.7. The lowest BCUT2D eigenvalue weighted by Gasteiger charge is -2.24. The van der Waals surface area contributed by atoms with Gasteiger partial charge < -0.3 is 14.5 Å². The van der Waals surface area contributed by atoms with Crippen LogP contribution in [0, 0.1) is 0 Å². The van der Waals surface area contributed by atoms with Crippen molar-refractivity contribution in [2.45, 2.75) is 25.2 Å². The molecule has 2 rings (SSSR count). The molecule has 0 spiro atoms. The Morgan fingerprint density at radius 3 is 2.78 bits per heavy atom. The molecule has 0 unspecified atom stereocenters. The van der Waals surface area contributed by atoms with Crippen molar-refractivity contribution in [1.82, 2.24) is 4.90 Å². The van der Waals surface area contributed by atoms with Gasteiger partial charge in [0, 0.05) is 6.54 Å². The van der Waals surface area contributed by atoms with Crippen LogP contribution in [0.15, 0.2) is 30.3 Å². The molecule has 0 radical (unpaired) electrons. The standard InChI is InChI=1S/C12H16NO4P/c14-12(13-8-4-7-11(13)18(15)16)17-9-10-5-2-1-3-6-10/h1-3,5-6,11,15-16H,4,7-9H2/t11-/m0/s1. The van der Waals surface area contributed by atoms with Crippen molar-refractivity contribution in [1.29, 1.82) is 0 Å². The summed E-state index contributed by atoms with van der Waals surface area (Å²) in [6.45, 7) is 0.732. The van der Waals surface area contributed by atoms with Crippen molar-refractivity contribution in [2.24, 2.45) is 0 Å². The number of benzene rings is 1. The van der Waals surface area contributed by atoms with E-state index in [1.165, 1.54) is 4.90 Å². The van der Waals surface area contributed by atoms with E-state index < -0.39 is 20.3 Å². The smallest absolute Gasteiger partial charge is 0.410 e. The van der Waals surface area contributed by atoms with Gasteiger partial charge in [0.2, 0.25) is 0 Å². The van der Waals surface area contributed by atoms with Gasteiger partial charge in [-0.15, -0.1) is 0 Å². The lowest BCUT2D eigenvalue weighted by atomic mass is 10.2. The maximum absolute atomic E-state index is 11.8. The Labute approximate surface area is 107 Å². The zero-order valence-corrected chi connectivity index (χ0v) is 10.8. The number of carbonyl (C=O) groups is 1. The van der Waals surface area contributed by atoms with Crippen LogP contribution in [0.5, 0.6) is 0 Å². The van der Waals surface area contributed by atoms with Crippen molar-refractivity contribution in [3.05, 3.63) is 35.9 Å². The number of amides is 1. The van der Waals surface area contributed by atoms with Crippen molar-refractivity contribution >= 4 is 14.5 Å². The molecular weight excluding hydrogens is 253 g/mol. The highest BCUT2D eigenvalue weighted by Gasteiger charge is 2.34. The van der Waals surface area contributed by atoms with Gasteiger partial charge >= 0.3 is 6.09 Å². The van der Waals surface area contributed by atoms with Crippen molar-refractivity contribution < 1.29 is 19.3 Å². The molecule has 0 aromatic heterocycles. The summed E-state index contributed by atoms with van der Waals surface area (Å²) in [5.74, 6) is -0.483. The van der Waals surface area contributed by atoms with Crippen LogP contribution in [0.25, 0.3) is 0 Å². The normalized spacial score (nSPS) is 19.3. The zero-order valence-electron chi connectivity index (χ0n) is 9.90. The largest absolute Gasteiger partial charge is 0.445 e. The minimum atomic E-state index is -2.11. The second-order valence-corrected chi connectivity index (χ2v) is 5.41. The highest BCUT2D eigenvalue weighted by Crippen LogP contribution is 2.40. The molecule has 1 amide bonds. The molecule has 6 heteroatoms. The van der Waals surface area contributed by atoms with Crippen LogP contribution in [0.1, 0.15) is 18.4 Å². The quantitative estimate of drug-likeness (QED) is 0.824. The number of hydrogen-bond donors (Lipinski definition) is 2. The van der Waals surface area contributed by atoms with Gasteiger partial charge in [0.25, 0.3) is 0 Å². The molecule has 1 aromatic rings. The van der Waals surface area contributed by atoms with Crippen LogP contribution in [0.2, 0.25) is 0 Å². The molecule has 0 aliphatic carbocycles. The number of ether oxygens (including phenoxy) is 1. The number of hydrogen-bond acceptors (Lipinski definition) is 4. The van der Waals surface area contributed by atoms with Crippen LogP contribution >= 0.6 is 8.38 Å². The Balaban J connectivity index is 1.88. The monoisotopic (exact) mass is 269 g/mol. The summed E-state index contributed by atoms with van der Waals surface area (Å²) in [6, 6.07) is 9.40. The Bertz CT molecular complexity index is 398. The van der Waals surface area contributed by atoms with E-state index in [9.17, 15) is 14.6 Å². The van der Waals surface area contributed by atoms with Crippen molar-refractivity contribution in [3.63, 3.8) is 0 Å². The van der Waals surface area contributed by atoms with Crippen molar-refractivity contribution in [2.75, 3.05) is 6.54 Å². The lowest BCUT2D eigenvalue weighted by molar-refractivity contribution is 0.0988. The van der Waals surface area contributed by atoms with Gasteiger partial charge in [0.1, 0.15) is 12.4 Å². The third-order valence-corrected chi connectivity index (χ3v) is 4.00. The molecule has 18 heavy (non-hydrogen) atoms. The number of likely N-dealkylation sites (tertiary alicyclic amines) is 1. The molecule has 1 atom stereocenters. The summed E-state index contributed by atoms with van der Waals surface area (Å²) >= 11 is 0. The summed E-state index contributed by atoms with van der Waals surface area (Å²) in [7, 11) is -2.11. The first kappa shape index (κ1) is 13.3. The molecule has 5 nitrogen and oxygen atoms in total. The molecular formula is C12H16NO4P. The van der Waals surface area contributed by atoms with E-state index in [0.29, 0.717) is 13.0 Å². The van der Waals surface area contributed by atoms with Gasteiger partial charge in [-0.3, -0.25) is 4.90 Å². The molecule has 1 aliphatic rings.